The van der Waals surface area contributed by atoms with Gasteiger partial charge in [0.2, 0.25) is 16.1 Å². The zero-order valence-corrected chi connectivity index (χ0v) is 9.66. The molecule has 0 radical (unpaired) electrons. The first-order valence-corrected chi connectivity index (χ1v) is 6.79. The van der Waals surface area contributed by atoms with E-state index in [2.05, 4.69) is 4.99 Å². The Bertz CT molecular complexity index is 346. The third-order valence-corrected chi connectivity index (χ3v) is 4.47. The van der Waals surface area contributed by atoms with Gasteiger partial charge in [0.25, 0.3) is 0 Å². The summed E-state index contributed by atoms with van der Waals surface area (Å²) >= 11 is 0. The smallest absolute Gasteiger partial charge is 0.212 e. The summed E-state index contributed by atoms with van der Waals surface area (Å²) in [5.41, 5.74) is 0. The molecule has 0 aromatic rings. The van der Waals surface area contributed by atoms with Gasteiger partial charge in [-0.2, -0.15) is 9.30 Å². The largest absolute Gasteiger partial charge is 0.236 e. The van der Waals surface area contributed by atoms with E-state index in [1.165, 1.54) is 10.4 Å². The van der Waals surface area contributed by atoms with Gasteiger partial charge in [-0.1, -0.05) is 6.42 Å². The molecular formula is C9H16N2O3S. The van der Waals surface area contributed by atoms with Crippen LogP contribution >= 0.6 is 0 Å². The fourth-order valence-corrected chi connectivity index (χ4v) is 3.01. The molecule has 1 unspecified atom stereocenters. The number of carbonyl (C=O) groups excluding carboxylic acids is 1. The van der Waals surface area contributed by atoms with Gasteiger partial charge in [0.05, 0.1) is 5.75 Å². The van der Waals surface area contributed by atoms with Crippen molar-refractivity contribution in [3.05, 3.63) is 0 Å². The fraction of sp³-hybridized carbons (Fsp3) is 0.889. The van der Waals surface area contributed by atoms with Crippen LogP contribution in [-0.4, -0.2) is 37.3 Å². The summed E-state index contributed by atoms with van der Waals surface area (Å²) in [6.07, 6.45) is 4.28. The van der Waals surface area contributed by atoms with Crippen LogP contribution in [0.1, 0.15) is 32.6 Å². The van der Waals surface area contributed by atoms with E-state index in [0.717, 1.165) is 19.3 Å². The second-order valence-electron chi connectivity index (χ2n) is 3.56. The summed E-state index contributed by atoms with van der Waals surface area (Å²) in [7, 11) is -3.26. The Kier molecular flexibility index (Phi) is 4.45. The highest BCUT2D eigenvalue weighted by Crippen LogP contribution is 2.20. The number of sulfonamides is 1. The van der Waals surface area contributed by atoms with E-state index < -0.39 is 16.2 Å². The monoisotopic (exact) mass is 232 g/mol. The molecule has 0 N–H and O–H groups in total. The fourth-order valence-electron chi connectivity index (χ4n) is 1.74. The first kappa shape index (κ1) is 12.4. The van der Waals surface area contributed by atoms with Gasteiger partial charge in [0.1, 0.15) is 6.17 Å². The lowest BCUT2D eigenvalue weighted by Crippen LogP contribution is -2.39. The van der Waals surface area contributed by atoms with Gasteiger partial charge in [-0.15, -0.1) is 0 Å². The molecule has 1 rings (SSSR count). The standard InChI is InChI=1S/C9H16N2O3S/c1-2-15(13,14)11-7-5-3-4-6-9(11)10-8-12/h9H,2-7H2,1H3. The third-order valence-electron chi connectivity index (χ3n) is 2.60. The second-order valence-corrected chi connectivity index (χ2v) is 5.77. The van der Waals surface area contributed by atoms with Crippen LogP contribution in [-0.2, 0) is 14.8 Å². The first-order chi connectivity index (χ1) is 7.11. The molecule has 15 heavy (non-hydrogen) atoms. The van der Waals surface area contributed by atoms with Gasteiger partial charge in [0.15, 0.2) is 0 Å². The number of hydrogen-bond acceptors (Lipinski definition) is 4. The number of hydrogen-bond donors (Lipinski definition) is 0. The van der Waals surface area contributed by atoms with Gasteiger partial charge in [-0.05, 0) is 26.2 Å². The van der Waals surface area contributed by atoms with Crippen LogP contribution in [0.3, 0.4) is 0 Å². The highest BCUT2D eigenvalue weighted by molar-refractivity contribution is 7.89. The van der Waals surface area contributed by atoms with Crippen LogP contribution in [0.4, 0.5) is 0 Å². The molecule has 0 aromatic carbocycles. The highest BCUT2D eigenvalue weighted by Gasteiger charge is 2.29. The average molecular weight is 232 g/mol. The molecule has 1 fully saturated rings. The molecule has 1 heterocycles. The molecule has 1 atom stereocenters. The molecule has 1 aliphatic rings. The van der Waals surface area contributed by atoms with Gasteiger partial charge in [-0.3, -0.25) is 0 Å². The topological polar surface area (TPSA) is 66.8 Å². The van der Waals surface area contributed by atoms with Crippen LogP contribution in [0, 0.1) is 0 Å². The van der Waals surface area contributed by atoms with E-state index >= 15 is 0 Å². The predicted molar refractivity (Wildman–Crippen MR) is 56.5 cm³/mol. The molecule has 0 spiro atoms. The second kappa shape index (κ2) is 5.39. The number of nitrogens with zero attached hydrogens (tertiary/aromatic N) is 2. The minimum absolute atomic E-state index is 0.0534. The van der Waals surface area contributed by atoms with Crippen LogP contribution in [0.5, 0.6) is 0 Å². The van der Waals surface area contributed by atoms with Crippen LogP contribution in [0.2, 0.25) is 0 Å². The van der Waals surface area contributed by atoms with Crippen molar-refractivity contribution in [2.75, 3.05) is 12.3 Å². The van der Waals surface area contributed by atoms with E-state index in [4.69, 9.17) is 0 Å². The molecule has 6 heteroatoms. The zero-order valence-electron chi connectivity index (χ0n) is 8.85. The van der Waals surface area contributed by atoms with Gasteiger partial charge < -0.3 is 0 Å². The lowest BCUT2D eigenvalue weighted by atomic mass is 10.2. The molecule has 1 aliphatic heterocycles. The van der Waals surface area contributed by atoms with Crippen molar-refractivity contribution in [3.63, 3.8) is 0 Å². The molecular weight excluding hydrogens is 216 g/mol. The summed E-state index contributed by atoms with van der Waals surface area (Å²) in [4.78, 5) is 13.8. The highest BCUT2D eigenvalue weighted by atomic mass is 32.2. The van der Waals surface area contributed by atoms with Crippen molar-refractivity contribution in [1.29, 1.82) is 0 Å². The lowest BCUT2D eigenvalue weighted by molar-refractivity contribution is 0.331. The van der Waals surface area contributed by atoms with Crippen molar-refractivity contribution in [2.24, 2.45) is 4.99 Å². The maximum Gasteiger partial charge on any atom is 0.236 e. The Morgan fingerprint density at radius 1 is 1.40 bits per heavy atom. The lowest BCUT2D eigenvalue weighted by Gasteiger charge is -2.24. The molecule has 0 bridgehead atoms. The van der Waals surface area contributed by atoms with E-state index in [1.807, 2.05) is 0 Å². The molecule has 1 saturated heterocycles. The SMILES string of the molecule is CCS(=O)(=O)N1CCCCCC1N=C=O. The van der Waals surface area contributed by atoms with Crippen molar-refractivity contribution < 1.29 is 13.2 Å². The van der Waals surface area contributed by atoms with E-state index in [0.29, 0.717) is 13.0 Å². The minimum atomic E-state index is -3.26. The molecule has 5 nitrogen and oxygen atoms in total. The van der Waals surface area contributed by atoms with Crippen LogP contribution in [0.25, 0.3) is 0 Å². The summed E-state index contributed by atoms with van der Waals surface area (Å²) in [5.74, 6) is 0.0534. The maximum absolute atomic E-state index is 11.7. The Hall–Kier alpha value is -0.710. The Balaban J connectivity index is 2.93. The Morgan fingerprint density at radius 2 is 2.13 bits per heavy atom. The van der Waals surface area contributed by atoms with Crippen molar-refractivity contribution in [1.82, 2.24) is 4.31 Å². The molecule has 86 valence electrons. The molecule has 0 aromatic heterocycles. The number of isocyanates is 1. The normalized spacial score (nSPS) is 24.2. The molecule has 0 saturated carbocycles. The van der Waals surface area contributed by atoms with Gasteiger partial charge >= 0.3 is 0 Å². The van der Waals surface area contributed by atoms with E-state index in [9.17, 15) is 13.2 Å². The quantitative estimate of drug-likeness (QED) is 0.535. The van der Waals surface area contributed by atoms with Gasteiger partial charge in [0, 0.05) is 6.54 Å². The van der Waals surface area contributed by atoms with Crippen LogP contribution in [0.15, 0.2) is 4.99 Å². The summed E-state index contributed by atoms with van der Waals surface area (Å²) < 4.78 is 24.8. The molecule has 0 amide bonds. The van der Waals surface area contributed by atoms with Crippen molar-refractivity contribution in [3.8, 4) is 0 Å². The average Bonchev–Trinajstić information content (AvgIpc) is 2.44. The van der Waals surface area contributed by atoms with E-state index in [1.54, 1.807) is 6.92 Å². The minimum Gasteiger partial charge on any atom is -0.212 e. The number of rotatable bonds is 3. The summed E-state index contributed by atoms with van der Waals surface area (Å²) in [6.45, 7) is 2.06. The van der Waals surface area contributed by atoms with Crippen LogP contribution < -0.4 is 0 Å². The number of aliphatic imine (C=N–C) groups is 1. The third kappa shape index (κ3) is 3.12. The predicted octanol–water partition coefficient (Wildman–Crippen LogP) is 0.874. The molecule has 0 aliphatic carbocycles. The first-order valence-electron chi connectivity index (χ1n) is 5.18. The zero-order chi connectivity index (χ0) is 11.3. The Morgan fingerprint density at radius 3 is 2.73 bits per heavy atom. The van der Waals surface area contributed by atoms with Crippen molar-refractivity contribution in [2.45, 2.75) is 38.8 Å². The van der Waals surface area contributed by atoms with Crippen molar-refractivity contribution >= 4 is 16.1 Å². The summed E-state index contributed by atoms with van der Waals surface area (Å²) in [6, 6.07) is 0. The Labute approximate surface area is 90.2 Å². The summed E-state index contributed by atoms with van der Waals surface area (Å²) in [5, 5.41) is 0. The van der Waals surface area contributed by atoms with Gasteiger partial charge in [-0.25, -0.2) is 13.2 Å². The van der Waals surface area contributed by atoms with E-state index in [-0.39, 0.29) is 5.75 Å². The maximum atomic E-state index is 11.7.